The van der Waals surface area contributed by atoms with Crippen molar-refractivity contribution < 1.29 is 92.1 Å². The molecular formula is C82H117N13O19S2. The van der Waals surface area contributed by atoms with E-state index in [-0.39, 0.29) is 44.0 Å². The third-order valence-electron chi connectivity index (χ3n) is 16.5. The smallest absolute Gasteiger partial charge is 0.303 e. The van der Waals surface area contributed by atoms with Gasteiger partial charge < -0.3 is 88.0 Å². The molecule has 0 unspecified atom stereocenters. The number of carbonyl (C=O) groups is 4. The van der Waals surface area contributed by atoms with Crippen molar-refractivity contribution in [2.75, 3.05) is 181 Å². The highest BCUT2D eigenvalue weighted by Crippen LogP contribution is 2.36. The Balaban J connectivity index is 0.000000518. The van der Waals surface area contributed by atoms with Crippen molar-refractivity contribution in [2.45, 2.75) is 120 Å². The van der Waals surface area contributed by atoms with Crippen molar-refractivity contribution in [3.8, 4) is 17.2 Å². The van der Waals surface area contributed by atoms with Gasteiger partial charge >= 0.3 is 5.97 Å². The van der Waals surface area contributed by atoms with Crippen LogP contribution < -0.4 is 24.6 Å². The van der Waals surface area contributed by atoms with Crippen LogP contribution in [0.15, 0.2) is 101 Å². The van der Waals surface area contributed by atoms with E-state index in [1.165, 1.54) is 32.1 Å². The average molecular weight is 1650 g/mol. The average Bonchev–Trinajstić information content (AvgIpc) is 1.61. The summed E-state index contributed by atoms with van der Waals surface area (Å²) >= 11 is 11.1. The molecule has 3 amide bonds. The molecule has 636 valence electrons. The van der Waals surface area contributed by atoms with Crippen LogP contribution in [0.1, 0.15) is 97.9 Å². The Morgan fingerprint density at radius 2 is 0.784 bits per heavy atom. The molecule has 0 bridgehead atoms. The fourth-order valence-electron chi connectivity index (χ4n) is 11.0. The molecule has 0 aliphatic carbocycles. The molecular weight excluding hydrogens is 1540 g/mol. The van der Waals surface area contributed by atoms with Gasteiger partial charge in [-0.05, 0) is 237 Å². The number of nitrogens with one attached hydrogen (secondary N) is 1. The van der Waals surface area contributed by atoms with Crippen molar-refractivity contribution in [3.05, 3.63) is 179 Å². The van der Waals surface area contributed by atoms with Crippen LogP contribution >= 0.6 is 24.4 Å². The molecule has 32 nitrogen and oxygen atoms in total. The summed E-state index contributed by atoms with van der Waals surface area (Å²) in [7, 11) is 0. The van der Waals surface area contributed by atoms with Gasteiger partial charge in [-0.25, -0.2) is 9.69 Å². The number of anilines is 2. The number of hydrogen-bond donors (Lipinski definition) is 6. The number of hydrogen-bond acceptors (Lipinski definition) is 22. The number of azide groups is 2. The van der Waals surface area contributed by atoms with Crippen LogP contribution in [0.25, 0.3) is 30.6 Å². The van der Waals surface area contributed by atoms with E-state index in [1.54, 1.807) is 67.3 Å². The van der Waals surface area contributed by atoms with Gasteiger partial charge in [0, 0.05) is 66.8 Å². The number of aliphatic carboxylic acids is 1. The van der Waals surface area contributed by atoms with Crippen LogP contribution in [0.2, 0.25) is 0 Å². The lowest BCUT2D eigenvalue weighted by atomic mass is 10.0. The number of carbonyl (C=O) groups excluding carboxylic acids is 3. The van der Waals surface area contributed by atoms with E-state index in [9.17, 15) is 19.2 Å². The lowest BCUT2D eigenvalue weighted by Gasteiger charge is -2.29. The van der Waals surface area contributed by atoms with Gasteiger partial charge in [0.25, 0.3) is 11.8 Å². The number of carboxylic acids is 1. The SMILES string of the molecule is Cc1cc(C)cc(O)c1.Cc1cc(C)cc(OCCOCCOCCN=[N+]=[N-])c1.OCCOCCOCCO.[C-]#[N+]c1ccc(N2C(=O)C(C)(C)N(CCCC(=O)NCCOCCOCCOc3cc(C)cc(C)c3)C2=S)cc1C.[C-]#[N+]c1ccc(N2C(=O)C(C)(C)N(CCCC(=O)O)C2=S)cc1C.[N-]=[N+]=NCCOCCOCCO. The monoisotopic (exact) mass is 1650 g/mol. The minimum atomic E-state index is -0.869. The number of thiocarbonyl (C=S) groups is 2. The van der Waals surface area contributed by atoms with Crippen LogP contribution in [0, 0.1) is 68.5 Å². The highest BCUT2D eigenvalue weighted by molar-refractivity contribution is 7.80. The molecule has 0 radical (unpaired) electrons. The highest BCUT2D eigenvalue weighted by atomic mass is 32.1. The molecule has 116 heavy (non-hydrogen) atoms. The molecule has 2 fully saturated rings. The molecule has 34 heteroatoms. The molecule has 5 aromatic carbocycles. The van der Waals surface area contributed by atoms with Crippen LogP contribution in [0.4, 0.5) is 22.7 Å². The first-order chi connectivity index (χ1) is 55.5. The minimum Gasteiger partial charge on any atom is -0.508 e. The maximum Gasteiger partial charge on any atom is 0.303 e. The van der Waals surface area contributed by atoms with E-state index in [4.69, 9.17) is 122 Å². The number of aliphatic hydroxyl groups excluding tert-OH is 3. The standard InChI is InChI=1S/C31H40N4O5S.C17H19N3O3S.C14H21N3O3.C8H10O.C6H13N3O3.C6H14O4/c1-22-18-23(2)20-26(19-22)40-17-16-39-15-14-38-13-11-33-28(36)8-7-12-34-30(41)35(29(37)31(34,4)5)25-9-10-27(32-6)24(3)21-25;1-11-10-12(7-8-13(11)18-4)20-15(23)17(2,3)19(16(20)24)9-5-6-14(21)22;1-12-9-13(2)11-14(10-12)20-8-7-19-6-5-18-4-3-16-17-15;1-6-3-7(2)5-8(9)4-6;7-9-8-1-3-11-5-6-12-4-2-10;7-1-3-9-5-6-10-4-2-8/h9-10,18-21H,7-8,11-17H2,1-5H3,(H,33,36);7-8,10H,5-6,9H2,1-3H3,(H,21,22);9-11H,3-8H2,1-2H3;3-5,9H,1-2H3;10H,1-6H2;7-8H,1-6H2. The Labute approximate surface area is 692 Å². The molecule has 6 N–H and O–H groups in total. The van der Waals surface area contributed by atoms with Gasteiger partial charge in [-0.1, -0.05) is 40.6 Å². The molecule has 0 aromatic heterocycles. The molecule has 0 spiro atoms. The number of aliphatic hydroxyl groups is 3. The third-order valence-corrected chi connectivity index (χ3v) is 17.3. The molecule has 0 atom stereocenters. The predicted octanol–water partition coefficient (Wildman–Crippen LogP) is 12.4. The van der Waals surface area contributed by atoms with Crippen LogP contribution in [0.3, 0.4) is 0 Å². The molecule has 2 aliphatic rings. The summed E-state index contributed by atoms with van der Waals surface area (Å²) in [6.07, 6.45) is 1.30. The minimum absolute atomic E-state index is 0.0265. The maximum absolute atomic E-state index is 13.2. The van der Waals surface area contributed by atoms with E-state index in [0.717, 1.165) is 33.8 Å². The van der Waals surface area contributed by atoms with Crippen LogP contribution in [0.5, 0.6) is 17.2 Å². The fourth-order valence-corrected chi connectivity index (χ4v) is 12.0. The van der Waals surface area contributed by atoms with Crippen molar-refractivity contribution in [1.29, 1.82) is 0 Å². The summed E-state index contributed by atoms with van der Waals surface area (Å²) in [6, 6.07) is 28.1. The number of nitrogens with zero attached hydrogens (tertiary/aromatic N) is 12. The van der Waals surface area contributed by atoms with Gasteiger partial charge in [0.15, 0.2) is 21.6 Å². The van der Waals surface area contributed by atoms with Crippen LogP contribution in [-0.2, 0) is 57.1 Å². The van der Waals surface area contributed by atoms with Crippen molar-refractivity contribution in [2.24, 2.45) is 10.2 Å². The van der Waals surface area contributed by atoms with Crippen molar-refractivity contribution >= 4 is 81.1 Å². The molecule has 7 rings (SSSR count). The summed E-state index contributed by atoms with van der Waals surface area (Å²) in [5.74, 6) is 0.842. The molecule has 5 aromatic rings. The number of benzene rings is 5. The summed E-state index contributed by atoms with van der Waals surface area (Å²) < 4.78 is 52.6. The first-order valence-electron chi connectivity index (χ1n) is 37.9. The number of amides is 3. The summed E-state index contributed by atoms with van der Waals surface area (Å²) in [5, 5.41) is 52.9. The first-order valence-corrected chi connectivity index (χ1v) is 38.7. The largest absolute Gasteiger partial charge is 0.508 e. The summed E-state index contributed by atoms with van der Waals surface area (Å²) in [5.41, 5.74) is 25.1. The maximum atomic E-state index is 13.2. The Hall–Kier alpha value is -9.68. The normalized spacial score (nSPS) is 12.8. The predicted molar refractivity (Wildman–Crippen MR) is 452 cm³/mol. The van der Waals surface area contributed by atoms with Gasteiger partial charge in [0.2, 0.25) is 5.91 Å². The molecule has 2 saturated heterocycles. The van der Waals surface area contributed by atoms with Gasteiger partial charge in [0.1, 0.15) is 41.5 Å². The Morgan fingerprint density at radius 1 is 0.466 bits per heavy atom. The lowest BCUT2D eigenvalue weighted by molar-refractivity contribution is -0.137. The number of aryl methyl sites for hydroxylation is 8. The number of ether oxygens (including phenoxy) is 10. The second kappa shape index (κ2) is 59.0. The fraction of sp³-hybridized carbons (Fsp3) is 0.537. The number of phenols is 1. The molecule has 2 aliphatic heterocycles. The van der Waals surface area contributed by atoms with E-state index in [1.807, 2.05) is 104 Å². The number of aromatic hydroxyl groups is 1. The number of rotatable bonds is 45. The summed E-state index contributed by atoms with van der Waals surface area (Å²) in [4.78, 5) is 67.8. The number of carboxylic acid groups (broad SMARTS) is 1. The Bertz CT molecular complexity index is 3920. The van der Waals surface area contributed by atoms with E-state index >= 15 is 0 Å². The van der Waals surface area contributed by atoms with E-state index in [0.29, 0.717) is 210 Å². The van der Waals surface area contributed by atoms with Gasteiger partial charge in [0.05, 0.1) is 139 Å². The van der Waals surface area contributed by atoms with Gasteiger partial charge in [-0.15, -0.1) is 0 Å². The van der Waals surface area contributed by atoms with Crippen molar-refractivity contribution in [1.82, 2.24) is 15.1 Å². The van der Waals surface area contributed by atoms with Gasteiger partial charge in [-0.3, -0.25) is 29.0 Å². The second-order valence-electron chi connectivity index (χ2n) is 27.1. The number of phenolic OH excluding ortho intramolecular Hbond substituents is 1. The van der Waals surface area contributed by atoms with Crippen LogP contribution in [-0.4, -0.2) is 252 Å². The highest BCUT2D eigenvalue weighted by Gasteiger charge is 2.50. The topological polar surface area (TPSA) is 393 Å². The summed E-state index contributed by atoms with van der Waals surface area (Å²) in [6.45, 7) is 47.4. The molecule has 2 heterocycles. The Kier molecular flexibility index (Phi) is 52.1. The zero-order chi connectivity index (χ0) is 86.3. The third kappa shape index (κ3) is 40.7. The zero-order valence-corrected chi connectivity index (χ0v) is 70.6. The zero-order valence-electron chi connectivity index (χ0n) is 69.0. The van der Waals surface area contributed by atoms with E-state index < -0.39 is 17.0 Å². The Morgan fingerprint density at radius 3 is 1.10 bits per heavy atom. The molecule has 0 saturated carbocycles. The second-order valence-corrected chi connectivity index (χ2v) is 27.8. The van der Waals surface area contributed by atoms with E-state index in [2.05, 4.69) is 47.2 Å². The lowest BCUT2D eigenvalue weighted by Crippen LogP contribution is -2.44. The van der Waals surface area contributed by atoms with Gasteiger partial charge in [-0.2, -0.15) is 0 Å². The quantitative estimate of drug-likeness (QED) is 0.00526. The first kappa shape index (κ1) is 102. The van der Waals surface area contributed by atoms with Crippen molar-refractivity contribution in [3.63, 3.8) is 0 Å².